The lowest BCUT2D eigenvalue weighted by molar-refractivity contribution is 0.620. The average molecular weight is 703 g/mol. The zero-order valence-corrected chi connectivity index (χ0v) is 29.5. The first-order valence-corrected chi connectivity index (χ1v) is 18.6. The molecule has 10 aromatic carbocycles. The molecule has 0 amide bonds. The van der Waals surface area contributed by atoms with Crippen LogP contribution in [-0.4, -0.2) is 4.98 Å². The topological polar surface area (TPSA) is 42.4 Å². The van der Waals surface area contributed by atoms with E-state index in [4.69, 9.17) is 13.8 Å². The highest BCUT2D eigenvalue weighted by Gasteiger charge is 2.21. The summed E-state index contributed by atoms with van der Waals surface area (Å²) >= 11 is 0. The summed E-state index contributed by atoms with van der Waals surface area (Å²) < 4.78 is 13.1. The number of nitrogens with zero attached hydrogens (tertiary/aromatic N) is 2. The number of rotatable bonds is 4. The van der Waals surface area contributed by atoms with Crippen LogP contribution in [0.2, 0.25) is 0 Å². The number of aromatic nitrogens is 1. The summed E-state index contributed by atoms with van der Waals surface area (Å²) in [6, 6.07) is 64.7. The maximum absolute atomic E-state index is 6.66. The molecule has 0 N–H and O–H groups in total. The predicted octanol–water partition coefficient (Wildman–Crippen LogP) is 14.6. The second-order valence-electron chi connectivity index (χ2n) is 14.3. The number of anilines is 3. The van der Waals surface area contributed by atoms with Crippen LogP contribution in [0.3, 0.4) is 0 Å². The molecule has 0 fully saturated rings. The summed E-state index contributed by atoms with van der Waals surface area (Å²) in [5, 5.41) is 14.0. The van der Waals surface area contributed by atoms with Crippen molar-refractivity contribution in [3.05, 3.63) is 182 Å². The predicted molar refractivity (Wildman–Crippen MR) is 229 cm³/mol. The van der Waals surface area contributed by atoms with Gasteiger partial charge in [-0.25, -0.2) is 4.98 Å². The van der Waals surface area contributed by atoms with Crippen molar-refractivity contribution in [1.29, 1.82) is 0 Å². The van der Waals surface area contributed by atoms with Crippen molar-refractivity contribution in [2.24, 2.45) is 0 Å². The maximum atomic E-state index is 6.66. The fraction of sp³-hybridized carbons (Fsp3) is 0. The van der Waals surface area contributed by atoms with Gasteiger partial charge in [0.15, 0.2) is 5.58 Å². The summed E-state index contributed by atoms with van der Waals surface area (Å²) in [5.41, 5.74) is 7.26. The van der Waals surface area contributed by atoms with Gasteiger partial charge in [-0.15, -0.1) is 0 Å². The lowest BCUT2D eigenvalue weighted by atomic mass is 9.96. The third-order valence-corrected chi connectivity index (χ3v) is 11.2. The standard InChI is InChI=1S/C51H30N2O2/c1-2-11-35-28-36(21-16-31(35)8-1)53(37-22-17-34-19-24-41-39-12-5-3-9-32(39)18-25-42(41)45(34)29-37)38-23-26-43-48(30-38)54-46-15-7-14-44(49(43)46)51-52-50-40-13-6-4-10-33(40)20-27-47(50)55-51/h1-30H. The highest BCUT2D eigenvalue weighted by molar-refractivity contribution is 6.18. The molecule has 0 radical (unpaired) electrons. The van der Waals surface area contributed by atoms with E-state index >= 15 is 0 Å². The first kappa shape index (κ1) is 30.1. The fourth-order valence-corrected chi connectivity index (χ4v) is 8.62. The molecule has 0 bridgehead atoms. The zero-order chi connectivity index (χ0) is 36.0. The number of furan rings is 1. The molecule has 256 valence electrons. The Kier molecular flexibility index (Phi) is 6.31. The van der Waals surface area contributed by atoms with Crippen LogP contribution in [0.15, 0.2) is 191 Å². The SMILES string of the molecule is c1ccc2cc(N(c3ccc4c(c3)oc3cccc(-c5nc6c(ccc7ccccc76)o5)c34)c3ccc4ccc5c6ccccc6ccc5c4c3)ccc2c1. The third kappa shape index (κ3) is 4.62. The lowest BCUT2D eigenvalue weighted by Gasteiger charge is -2.26. The van der Waals surface area contributed by atoms with Gasteiger partial charge in [-0.05, 0) is 103 Å². The summed E-state index contributed by atoms with van der Waals surface area (Å²) in [5.74, 6) is 0.581. The molecule has 4 nitrogen and oxygen atoms in total. The Labute approximate surface area is 315 Å². The Morgan fingerprint density at radius 1 is 0.345 bits per heavy atom. The Hall–Kier alpha value is -7.43. The second kappa shape index (κ2) is 11.5. The van der Waals surface area contributed by atoms with Crippen LogP contribution < -0.4 is 4.90 Å². The van der Waals surface area contributed by atoms with Gasteiger partial charge < -0.3 is 13.7 Å². The molecule has 12 rings (SSSR count). The molecule has 0 saturated carbocycles. The Morgan fingerprint density at radius 2 is 0.945 bits per heavy atom. The number of oxazole rings is 1. The lowest BCUT2D eigenvalue weighted by Crippen LogP contribution is -2.09. The fourth-order valence-electron chi connectivity index (χ4n) is 8.62. The second-order valence-corrected chi connectivity index (χ2v) is 14.3. The van der Waals surface area contributed by atoms with Crippen molar-refractivity contribution in [2.45, 2.75) is 0 Å². The number of hydrogen-bond donors (Lipinski definition) is 0. The van der Waals surface area contributed by atoms with E-state index in [-0.39, 0.29) is 0 Å². The molecule has 0 aliphatic rings. The molecule has 12 aromatic rings. The van der Waals surface area contributed by atoms with Gasteiger partial charge in [-0.2, -0.15) is 0 Å². The van der Waals surface area contributed by atoms with Crippen molar-refractivity contribution in [3.8, 4) is 11.5 Å². The van der Waals surface area contributed by atoms with Gasteiger partial charge in [0.05, 0.1) is 0 Å². The van der Waals surface area contributed by atoms with Gasteiger partial charge in [0.1, 0.15) is 16.7 Å². The molecule has 2 aromatic heterocycles. The number of fused-ring (bicyclic) bond motifs is 12. The van der Waals surface area contributed by atoms with E-state index in [9.17, 15) is 0 Å². The monoisotopic (exact) mass is 702 g/mol. The van der Waals surface area contributed by atoms with E-state index in [1.165, 1.54) is 43.1 Å². The van der Waals surface area contributed by atoms with Gasteiger partial charge in [-0.3, -0.25) is 0 Å². The number of benzene rings is 10. The van der Waals surface area contributed by atoms with E-state index in [2.05, 4.69) is 157 Å². The van der Waals surface area contributed by atoms with Gasteiger partial charge in [-0.1, -0.05) is 121 Å². The average Bonchev–Trinajstić information content (AvgIpc) is 3.85. The molecular weight excluding hydrogens is 673 g/mol. The van der Waals surface area contributed by atoms with Crippen LogP contribution in [0.1, 0.15) is 0 Å². The van der Waals surface area contributed by atoms with E-state index in [1.807, 2.05) is 30.3 Å². The number of hydrogen-bond acceptors (Lipinski definition) is 4. The van der Waals surface area contributed by atoms with Crippen molar-refractivity contribution < 1.29 is 8.83 Å². The molecule has 0 spiro atoms. The molecule has 4 heteroatoms. The first-order chi connectivity index (χ1) is 27.2. The smallest absolute Gasteiger partial charge is 0.228 e. The van der Waals surface area contributed by atoms with Gasteiger partial charge in [0.2, 0.25) is 5.89 Å². The first-order valence-electron chi connectivity index (χ1n) is 18.6. The zero-order valence-electron chi connectivity index (χ0n) is 29.5. The highest BCUT2D eigenvalue weighted by Crippen LogP contribution is 2.43. The van der Waals surface area contributed by atoms with Crippen LogP contribution in [0, 0.1) is 0 Å². The van der Waals surface area contributed by atoms with Gasteiger partial charge in [0, 0.05) is 44.9 Å². The molecule has 0 unspecified atom stereocenters. The van der Waals surface area contributed by atoms with Gasteiger partial charge in [0.25, 0.3) is 0 Å². The van der Waals surface area contributed by atoms with E-state index in [0.717, 1.165) is 66.4 Å². The van der Waals surface area contributed by atoms with Crippen LogP contribution in [-0.2, 0) is 0 Å². The molecule has 2 heterocycles. The Bertz CT molecular complexity index is 3520. The molecule has 55 heavy (non-hydrogen) atoms. The molecule has 0 saturated heterocycles. The quantitative estimate of drug-likeness (QED) is 0.171. The van der Waals surface area contributed by atoms with Crippen molar-refractivity contribution >= 4 is 104 Å². The van der Waals surface area contributed by atoms with Crippen molar-refractivity contribution in [1.82, 2.24) is 4.98 Å². The normalized spacial score (nSPS) is 12.0. The highest BCUT2D eigenvalue weighted by atomic mass is 16.3. The largest absolute Gasteiger partial charge is 0.456 e. The van der Waals surface area contributed by atoms with E-state index in [0.29, 0.717) is 5.89 Å². The van der Waals surface area contributed by atoms with Crippen LogP contribution in [0.4, 0.5) is 17.1 Å². The van der Waals surface area contributed by atoms with Crippen LogP contribution in [0.25, 0.3) is 98.4 Å². The summed E-state index contributed by atoms with van der Waals surface area (Å²) in [7, 11) is 0. The molecule has 0 aliphatic carbocycles. The summed E-state index contributed by atoms with van der Waals surface area (Å²) in [4.78, 5) is 7.38. The Balaban J connectivity index is 1.06. The summed E-state index contributed by atoms with van der Waals surface area (Å²) in [6.45, 7) is 0. The van der Waals surface area contributed by atoms with E-state index < -0.39 is 0 Å². The molecule has 0 aliphatic heterocycles. The third-order valence-electron chi connectivity index (χ3n) is 11.2. The minimum Gasteiger partial charge on any atom is -0.456 e. The molecule has 0 atom stereocenters. The molecular formula is C51H30N2O2. The van der Waals surface area contributed by atoms with Crippen molar-refractivity contribution in [2.75, 3.05) is 4.90 Å². The Morgan fingerprint density at radius 3 is 1.80 bits per heavy atom. The minimum atomic E-state index is 0.581. The van der Waals surface area contributed by atoms with Crippen LogP contribution >= 0.6 is 0 Å². The minimum absolute atomic E-state index is 0.581. The summed E-state index contributed by atoms with van der Waals surface area (Å²) in [6.07, 6.45) is 0. The van der Waals surface area contributed by atoms with Gasteiger partial charge >= 0.3 is 0 Å². The van der Waals surface area contributed by atoms with Crippen molar-refractivity contribution in [3.63, 3.8) is 0 Å². The van der Waals surface area contributed by atoms with Crippen LogP contribution in [0.5, 0.6) is 0 Å². The van der Waals surface area contributed by atoms with E-state index in [1.54, 1.807) is 0 Å². The maximum Gasteiger partial charge on any atom is 0.228 e.